The molecular weight excluding hydrogens is 471 g/mol. The van der Waals surface area contributed by atoms with Crippen molar-refractivity contribution in [2.24, 2.45) is 23.5 Å². The van der Waals surface area contributed by atoms with Crippen LogP contribution in [0.3, 0.4) is 0 Å². The van der Waals surface area contributed by atoms with Crippen molar-refractivity contribution < 1.29 is 26.7 Å². The van der Waals surface area contributed by atoms with Crippen LogP contribution in [0.5, 0.6) is 0 Å². The number of carbonyl (C=O) groups excluding carboxylic acids is 1. The predicted molar refractivity (Wildman–Crippen MR) is 120 cm³/mol. The van der Waals surface area contributed by atoms with E-state index >= 15 is 0 Å². The van der Waals surface area contributed by atoms with Crippen LogP contribution >= 0.6 is 0 Å². The molecular formula is C23H31F5N6O. The van der Waals surface area contributed by atoms with Gasteiger partial charge in [0.05, 0.1) is 35.2 Å². The summed E-state index contributed by atoms with van der Waals surface area (Å²) >= 11 is 0. The first-order valence-electron chi connectivity index (χ1n) is 12.0. The summed E-state index contributed by atoms with van der Waals surface area (Å²) < 4.78 is 68.5. The fraction of sp³-hybridized carbons (Fsp3) is 0.696. The van der Waals surface area contributed by atoms with Crippen LogP contribution in [-0.4, -0.2) is 52.7 Å². The fourth-order valence-electron chi connectivity index (χ4n) is 5.00. The summed E-state index contributed by atoms with van der Waals surface area (Å²) in [5, 5.41) is 6.99. The van der Waals surface area contributed by atoms with Crippen molar-refractivity contribution in [2.75, 3.05) is 25.0 Å². The lowest BCUT2D eigenvalue weighted by Gasteiger charge is -2.31. The van der Waals surface area contributed by atoms with E-state index in [1.165, 1.54) is 4.52 Å². The van der Waals surface area contributed by atoms with Gasteiger partial charge < -0.3 is 16.0 Å². The first-order chi connectivity index (χ1) is 16.4. The molecule has 194 valence electrons. The quantitative estimate of drug-likeness (QED) is 0.586. The van der Waals surface area contributed by atoms with Gasteiger partial charge in [-0.05, 0) is 32.1 Å². The number of aromatic nitrogens is 3. The van der Waals surface area contributed by atoms with Gasteiger partial charge in [0.2, 0.25) is 11.8 Å². The van der Waals surface area contributed by atoms with E-state index in [1.807, 2.05) is 18.9 Å². The van der Waals surface area contributed by atoms with Gasteiger partial charge in [-0.2, -0.15) is 18.3 Å². The van der Waals surface area contributed by atoms with Crippen molar-refractivity contribution >= 4 is 17.2 Å². The molecule has 2 fully saturated rings. The van der Waals surface area contributed by atoms with Crippen LogP contribution in [0.4, 0.5) is 27.6 Å². The molecule has 12 heteroatoms. The van der Waals surface area contributed by atoms with Crippen molar-refractivity contribution in [3.05, 3.63) is 23.7 Å². The number of carbonyl (C=O) groups is 1. The molecule has 3 atom stereocenters. The molecule has 3 heterocycles. The second-order valence-electron chi connectivity index (χ2n) is 9.80. The molecule has 1 amide bonds. The zero-order chi connectivity index (χ0) is 25.5. The minimum absolute atomic E-state index is 0.0469. The average Bonchev–Trinajstić information content (AvgIpc) is 3.21. The Labute approximate surface area is 200 Å². The zero-order valence-electron chi connectivity index (χ0n) is 19.8. The Kier molecular flexibility index (Phi) is 6.96. The number of nitrogens with one attached hydrogen (secondary N) is 1. The van der Waals surface area contributed by atoms with Gasteiger partial charge in [0, 0.05) is 51.4 Å². The number of alkyl halides is 5. The third-order valence-corrected chi connectivity index (χ3v) is 7.38. The summed E-state index contributed by atoms with van der Waals surface area (Å²) in [6.45, 7) is 2.12. The molecule has 7 nitrogen and oxygen atoms in total. The largest absolute Gasteiger partial charge is 0.393 e. The van der Waals surface area contributed by atoms with Gasteiger partial charge in [0.25, 0.3) is 0 Å². The molecule has 1 aliphatic heterocycles. The molecule has 0 aromatic carbocycles. The number of hydrogen-bond acceptors (Lipinski definition) is 5. The van der Waals surface area contributed by atoms with E-state index < -0.39 is 42.4 Å². The van der Waals surface area contributed by atoms with Gasteiger partial charge in [-0.15, -0.1) is 0 Å². The molecule has 3 N–H and O–H groups in total. The zero-order valence-corrected chi connectivity index (χ0v) is 19.8. The van der Waals surface area contributed by atoms with Gasteiger partial charge >= 0.3 is 6.18 Å². The lowest BCUT2D eigenvalue weighted by Crippen LogP contribution is -2.47. The van der Waals surface area contributed by atoms with Crippen LogP contribution in [0.2, 0.25) is 0 Å². The highest BCUT2D eigenvalue weighted by atomic mass is 19.4. The summed E-state index contributed by atoms with van der Waals surface area (Å²) in [5.41, 5.74) is 8.57. The number of fused-ring (bicyclic) bond motifs is 1. The Hall–Kier alpha value is -2.50. The highest BCUT2D eigenvalue weighted by Crippen LogP contribution is 2.40. The van der Waals surface area contributed by atoms with E-state index in [2.05, 4.69) is 15.4 Å². The lowest BCUT2D eigenvalue weighted by atomic mass is 9.81. The number of imidazole rings is 1. The van der Waals surface area contributed by atoms with Crippen molar-refractivity contribution in [3.8, 4) is 0 Å². The average molecular weight is 503 g/mol. The SMILES string of the molecule is CCN(C)c1cc2nc([C@@H](N)C3CCC(F)(F)CC3)cn2nc1C[C@@H]1C[C@@H](C(F)(F)F)CNC1=O. The van der Waals surface area contributed by atoms with E-state index in [1.54, 1.807) is 12.3 Å². The van der Waals surface area contributed by atoms with Crippen molar-refractivity contribution in [1.82, 2.24) is 19.9 Å². The Morgan fingerprint density at radius 1 is 1.31 bits per heavy atom. The first kappa shape index (κ1) is 25.6. The summed E-state index contributed by atoms with van der Waals surface area (Å²) in [4.78, 5) is 18.9. The number of rotatable bonds is 6. The van der Waals surface area contributed by atoms with Crippen LogP contribution in [0, 0.1) is 17.8 Å². The molecule has 2 aromatic rings. The maximum atomic E-state index is 13.6. The molecule has 2 aromatic heterocycles. The van der Waals surface area contributed by atoms with E-state index in [-0.39, 0.29) is 31.6 Å². The highest BCUT2D eigenvalue weighted by Gasteiger charge is 2.45. The van der Waals surface area contributed by atoms with Gasteiger partial charge in [-0.1, -0.05) is 0 Å². The summed E-state index contributed by atoms with van der Waals surface area (Å²) in [6, 6.07) is 1.25. The maximum absolute atomic E-state index is 13.6. The van der Waals surface area contributed by atoms with Crippen LogP contribution in [-0.2, 0) is 11.2 Å². The third-order valence-electron chi connectivity index (χ3n) is 7.38. The van der Waals surface area contributed by atoms with Crippen molar-refractivity contribution in [3.63, 3.8) is 0 Å². The predicted octanol–water partition coefficient (Wildman–Crippen LogP) is 3.87. The molecule has 35 heavy (non-hydrogen) atoms. The number of halogens is 5. The lowest BCUT2D eigenvalue weighted by molar-refractivity contribution is -0.183. The summed E-state index contributed by atoms with van der Waals surface area (Å²) in [7, 11) is 1.83. The minimum Gasteiger partial charge on any atom is -0.373 e. The fourth-order valence-corrected chi connectivity index (χ4v) is 5.00. The Morgan fingerprint density at radius 3 is 2.63 bits per heavy atom. The maximum Gasteiger partial charge on any atom is 0.393 e. The Morgan fingerprint density at radius 2 is 2.00 bits per heavy atom. The second-order valence-corrected chi connectivity index (χ2v) is 9.80. The minimum atomic E-state index is -4.38. The normalized spacial score (nSPS) is 24.4. The highest BCUT2D eigenvalue weighted by molar-refractivity contribution is 5.80. The Bertz CT molecular complexity index is 1060. The van der Waals surface area contributed by atoms with Gasteiger partial charge in [0.1, 0.15) is 0 Å². The molecule has 1 aliphatic carbocycles. The van der Waals surface area contributed by atoms with Crippen LogP contribution in [0.15, 0.2) is 12.3 Å². The summed E-state index contributed by atoms with van der Waals surface area (Å²) in [6.07, 6.45) is -2.77. The van der Waals surface area contributed by atoms with E-state index in [0.29, 0.717) is 42.1 Å². The second kappa shape index (κ2) is 9.51. The number of hydrogen-bond donors (Lipinski definition) is 2. The number of amides is 1. The molecule has 0 unspecified atom stereocenters. The molecule has 4 rings (SSSR count). The third kappa shape index (κ3) is 5.52. The number of nitrogens with two attached hydrogens (primary N) is 1. The van der Waals surface area contributed by atoms with Gasteiger partial charge in [0.15, 0.2) is 5.65 Å². The molecule has 0 bridgehead atoms. The Balaban J connectivity index is 1.61. The first-order valence-corrected chi connectivity index (χ1v) is 12.0. The molecule has 0 spiro atoms. The topological polar surface area (TPSA) is 88.6 Å². The molecule has 1 saturated carbocycles. The number of piperidine rings is 1. The van der Waals surface area contributed by atoms with Crippen LogP contribution in [0.25, 0.3) is 5.65 Å². The van der Waals surface area contributed by atoms with E-state index in [0.717, 1.165) is 0 Å². The monoisotopic (exact) mass is 502 g/mol. The van der Waals surface area contributed by atoms with Crippen LogP contribution < -0.4 is 16.0 Å². The standard InChI is InChI=1S/C23H31F5N6O/c1-3-33(2)18-10-19-31-17(20(29)13-4-6-22(24,25)7-5-13)12-34(19)32-16(18)9-14-8-15(23(26,27)28)11-30-21(14)35/h10,12-15,20H,3-9,11,29H2,1-2H3,(H,30,35)/t14-,15+,20-/m0/s1. The van der Waals surface area contributed by atoms with Crippen molar-refractivity contribution in [2.45, 2.75) is 63.6 Å². The van der Waals surface area contributed by atoms with Crippen molar-refractivity contribution in [1.29, 1.82) is 0 Å². The molecule has 2 aliphatic rings. The van der Waals surface area contributed by atoms with Crippen LogP contribution in [0.1, 0.15) is 56.5 Å². The van der Waals surface area contributed by atoms with Gasteiger partial charge in [-0.3, -0.25) is 4.79 Å². The van der Waals surface area contributed by atoms with E-state index in [4.69, 9.17) is 5.73 Å². The number of anilines is 1. The molecule has 0 radical (unpaired) electrons. The smallest absolute Gasteiger partial charge is 0.373 e. The van der Waals surface area contributed by atoms with Gasteiger partial charge in [-0.25, -0.2) is 18.3 Å². The van der Waals surface area contributed by atoms with E-state index in [9.17, 15) is 26.7 Å². The summed E-state index contributed by atoms with van der Waals surface area (Å²) in [5.74, 6) is -5.65. The number of nitrogens with zero attached hydrogens (tertiary/aromatic N) is 4. The molecule has 1 saturated heterocycles.